The van der Waals surface area contributed by atoms with Gasteiger partial charge in [0, 0.05) is 17.4 Å². The van der Waals surface area contributed by atoms with Gasteiger partial charge in [0.15, 0.2) is 0 Å². The standard InChI is InChI=1S/C13H14N2O/c1-10-7-12(14)8-13(16)15(10)9-11-5-3-2-4-6-11/h2-8H,9,14H2,1H3. The lowest BCUT2D eigenvalue weighted by Crippen LogP contribution is -2.22. The van der Waals surface area contributed by atoms with Crippen molar-refractivity contribution < 1.29 is 0 Å². The summed E-state index contributed by atoms with van der Waals surface area (Å²) in [7, 11) is 0. The molecule has 0 spiro atoms. The van der Waals surface area contributed by atoms with Crippen molar-refractivity contribution in [3.63, 3.8) is 0 Å². The van der Waals surface area contributed by atoms with Gasteiger partial charge in [-0.2, -0.15) is 0 Å². The Morgan fingerprint density at radius 1 is 1.19 bits per heavy atom. The van der Waals surface area contributed by atoms with Crippen molar-refractivity contribution in [1.82, 2.24) is 4.57 Å². The lowest BCUT2D eigenvalue weighted by Gasteiger charge is -2.10. The van der Waals surface area contributed by atoms with Crippen molar-refractivity contribution >= 4 is 5.69 Å². The summed E-state index contributed by atoms with van der Waals surface area (Å²) >= 11 is 0. The molecule has 0 saturated carbocycles. The number of pyridine rings is 1. The van der Waals surface area contributed by atoms with Gasteiger partial charge in [0.25, 0.3) is 5.56 Å². The van der Waals surface area contributed by atoms with Crippen molar-refractivity contribution in [2.24, 2.45) is 0 Å². The number of aromatic nitrogens is 1. The summed E-state index contributed by atoms with van der Waals surface area (Å²) in [4.78, 5) is 11.7. The maximum absolute atomic E-state index is 11.7. The van der Waals surface area contributed by atoms with E-state index in [1.807, 2.05) is 43.3 Å². The monoisotopic (exact) mass is 214 g/mol. The Morgan fingerprint density at radius 3 is 2.50 bits per heavy atom. The molecule has 0 unspecified atom stereocenters. The van der Waals surface area contributed by atoms with Crippen LogP contribution in [-0.2, 0) is 6.54 Å². The average Bonchev–Trinajstić information content (AvgIpc) is 2.25. The summed E-state index contributed by atoms with van der Waals surface area (Å²) in [6, 6.07) is 13.2. The summed E-state index contributed by atoms with van der Waals surface area (Å²) in [5.74, 6) is 0. The topological polar surface area (TPSA) is 48.0 Å². The molecule has 0 aliphatic carbocycles. The second-order valence-corrected chi connectivity index (χ2v) is 3.84. The number of anilines is 1. The molecule has 0 amide bonds. The first-order chi connectivity index (χ1) is 7.66. The molecule has 82 valence electrons. The zero-order valence-electron chi connectivity index (χ0n) is 9.18. The van der Waals surface area contributed by atoms with Crippen molar-refractivity contribution in [1.29, 1.82) is 0 Å². The molecule has 0 saturated heterocycles. The van der Waals surface area contributed by atoms with Crippen LogP contribution in [-0.4, -0.2) is 4.57 Å². The minimum atomic E-state index is -0.0543. The summed E-state index contributed by atoms with van der Waals surface area (Å²) in [5, 5.41) is 0. The smallest absolute Gasteiger partial charge is 0.253 e. The van der Waals surface area contributed by atoms with Crippen molar-refractivity contribution in [3.05, 3.63) is 64.1 Å². The highest BCUT2D eigenvalue weighted by atomic mass is 16.1. The van der Waals surface area contributed by atoms with E-state index in [0.29, 0.717) is 12.2 Å². The second-order valence-electron chi connectivity index (χ2n) is 3.84. The van der Waals surface area contributed by atoms with E-state index in [0.717, 1.165) is 11.3 Å². The highest BCUT2D eigenvalue weighted by Crippen LogP contribution is 2.06. The first-order valence-corrected chi connectivity index (χ1v) is 5.18. The van der Waals surface area contributed by atoms with E-state index in [9.17, 15) is 4.79 Å². The maximum Gasteiger partial charge on any atom is 0.253 e. The molecule has 0 aliphatic rings. The lowest BCUT2D eigenvalue weighted by atomic mass is 10.2. The summed E-state index contributed by atoms with van der Waals surface area (Å²) in [5.41, 5.74) is 8.07. The first kappa shape index (κ1) is 10.5. The van der Waals surface area contributed by atoms with Crippen molar-refractivity contribution in [3.8, 4) is 0 Å². The molecule has 0 fully saturated rings. The Balaban J connectivity index is 2.39. The molecule has 1 aromatic carbocycles. The summed E-state index contributed by atoms with van der Waals surface area (Å²) in [6.07, 6.45) is 0. The lowest BCUT2D eigenvalue weighted by molar-refractivity contribution is 0.731. The Labute approximate surface area is 94.1 Å². The van der Waals surface area contributed by atoms with Gasteiger partial charge in [0.05, 0.1) is 6.54 Å². The zero-order valence-corrected chi connectivity index (χ0v) is 9.18. The third-order valence-corrected chi connectivity index (χ3v) is 2.54. The van der Waals surface area contributed by atoms with Crippen LogP contribution in [0.4, 0.5) is 5.69 Å². The number of nitrogens with zero attached hydrogens (tertiary/aromatic N) is 1. The van der Waals surface area contributed by atoms with Crippen LogP contribution in [0.2, 0.25) is 0 Å². The fourth-order valence-corrected chi connectivity index (χ4v) is 1.72. The number of hydrogen-bond acceptors (Lipinski definition) is 2. The molecule has 2 aromatic rings. The molecule has 16 heavy (non-hydrogen) atoms. The van der Waals surface area contributed by atoms with Crippen LogP contribution < -0.4 is 11.3 Å². The minimum absolute atomic E-state index is 0.0543. The van der Waals surface area contributed by atoms with Crippen LogP contribution in [0.25, 0.3) is 0 Å². The van der Waals surface area contributed by atoms with Crippen LogP contribution in [0.3, 0.4) is 0 Å². The normalized spacial score (nSPS) is 10.3. The van der Waals surface area contributed by atoms with Crippen LogP contribution >= 0.6 is 0 Å². The van der Waals surface area contributed by atoms with Crippen LogP contribution in [0.5, 0.6) is 0 Å². The van der Waals surface area contributed by atoms with Gasteiger partial charge >= 0.3 is 0 Å². The van der Waals surface area contributed by atoms with Gasteiger partial charge in [-0.15, -0.1) is 0 Å². The predicted octanol–water partition coefficient (Wildman–Crippen LogP) is 1.79. The van der Waals surface area contributed by atoms with Gasteiger partial charge in [-0.05, 0) is 18.6 Å². The van der Waals surface area contributed by atoms with E-state index < -0.39 is 0 Å². The molecule has 0 atom stereocenters. The van der Waals surface area contributed by atoms with E-state index in [1.165, 1.54) is 6.07 Å². The van der Waals surface area contributed by atoms with Crippen molar-refractivity contribution in [2.75, 3.05) is 5.73 Å². The Bertz CT molecular complexity index is 544. The number of benzene rings is 1. The molecule has 1 aromatic heterocycles. The van der Waals surface area contributed by atoms with Gasteiger partial charge in [-0.25, -0.2) is 0 Å². The SMILES string of the molecule is Cc1cc(N)cc(=O)n1Cc1ccccc1. The van der Waals surface area contributed by atoms with Gasteiger partial charge in [0.1, 0.15) is 0 Å². The maximum atomic E-state index is 11.7. The number of aryl methyl sites for hydroxylation is 1. The Hall–Kier alpha value is -2.03. The number of rotatable bonds is 2. The molecule has 1 heterocycles. The quantitative estimate of drug-likeness (QED) is 0.828. The van der Waals surface area contributed by atoms with E-state index in [1.54, 1.807) is 4.57 Å². The third kappa shape index (κ3) is 2.14. The first-order valence-electron chi connectivity index (χ1n) is 5.18. The molecule has 0 bridgehead atoms. The number of hydrogen-bond donors (Lipinski definition) is 1. The highest BCUT2D eigenvalue weighted by Gasteiger charge is 2.02. The third-order valence-electron chi connectivity index (χ3n) is 2.54. The molecule has 2 N–H and O–H groups in total. The largest absolute Gasteiger partial charge is 0.399 e. The van der Waals surface area contributed by atoms with E-state index >= 15 is 0 Å². The average molecular weight is 214 g/mol. The van der Waals surface area contributed by atoms with Gasteiger partial charge < -0.3 is 10.3 Å². The zero-order chi connectivity index (χ0) is 11.5. The fourth-order valence-electron chi connectivity index (χ4n) is 1.72. The molecule has 2 rings (SSSR count). The van der Waals surface area contributed by atoms with Crippen LogP contribution in [0.1, 0.15) is 11.3 Å². The van der Waals surface area contributed by atoms with E-state index in [2.05, 4.69) is 0 Å². The van der Waals surface area contributed by atoms with Crippen molar-refractivity contribution in [2.45, 2.75) is 13.5 Å². The Kier molecular flexibility index (Phi) is 2.77. The molecular weight excluding hydrogens is 200 g/mol. The molecule has 3 nitrogen and oxygen atoms in total. The van der Waals surface area contributed by atoms with Gasteiger partial charge in [0.2, 0.25) is 0 Å². The van der Waals surface area contributed by atoms with E-state index in [4.69, 9.17) is 5.73 Å². The van der Waals surface area contributed by atoms with Gasteiger partial charge in [-0.1, -0.05) is 30.3 Å². The summed E-state index contributed by atoms with van der Waals surface area (Å²) < 4.78 is 1.71. The molecule has 3 heteroatoms. The van der Waals surface area contributed by atoms with E-state index in [-0.39, 0.29) is 5.56 Å². The Morgan fingerprint density at radius 2 is 1.88 bits per heavy atom. The molecular formula is C13H14N2O. The van der Waals surface area contributed by atoms with Crippen LogP contribution in [0, 0.1) is 6.92 Å². The minimum Gasteiger partial charge on any atom is -0.399 e. The van der Waals surface area contributed by atoms with Crippen LogP contribution in [0.15, 0.2) is 47.3 Å². The predicted molar refractivity (Wildman–Crippen MR) is 65.4 cm³/mol. The summed E-state index contributed by atoms with van der Waals surface area (Å²) in [6.45, 7) is 2.48. The highest BCUT2D eigenvalue weighted by molar-refractivity contribution is 5.37. The number of nitrogen functional groups attached to an aromatic ring is 1. The fraction of sp³-hybridized carbons (Fsp3) is 0.154. The van der Waals surface area contributed by atoms with Gasteiger partial charge in [-0.3, -0.25) is 4.79 Å². The second kappa shape index (κ2) is 4.23. The molecule has 0 aliphatic heterocycles. The molecule has 0 radical (unpaired) electrons. The number of nitrogens with two attached hydrogens (primary N) is 1.